The van der Waals surface area contributed by atoms with Gasteiger partial charge in [0.2, 0.25) is 5.16 Å². The van der Waals surface area contributed by atoms with Crippen LogP contribution < -0.4 is 4.74 Å². The van der Waals surface area contributed by atoms with E-state index in [0.29, 0.717) is 16.6 Å². The second-order valence-corrected chi connectivity index (χ2v) is 8.67. The average molecular weight is 447 g/mol. The standard InChI is InChI=1S/C24H19ClN4OS/c1-16-12-13-19(25)20(14-16)30-15-21-26-27-24-29(21)28-22(17-8-4-2-5-9-17)23(31-24)18-10-6-3-7-11-18/h2-14,23H,15H2,1H3/t23-/m1/s1. The van der Waals surface area contributed by atoms with Crippen molar-refractivity contribution in [2.45, 2.75) is 23.9 Å². The van der Waals surface area contributed by atoms with Crippen LogP contribution >= 0.6 is 23.4 Å². The second kappa shape index (κ2) is 8.57. The Balaban J connectivity index is 1.50. The molecule has 2 heterocycles. The zero-order valence-electron chi connectivity index (χ0n) is 16.8. The summed E-state index contributed by atoms with van der Waals surface area (Å²) in [5.41, 5.74) is 4.28. The number of nitrogens with zero attached hydrogens (tertiary/aromatic N) is 4. The molecule has 0 amide bonds. The minimum Gasteiger partial charge on any atom is -0.484 e. The highest BCUT2D eigenvalue weighted by molar-refractivity contribution is 8.00. The number of benzene rings is 3. The van der Waals surface area contributed by atoms with Crippen molar-refractivity contribution >= 4 is 29.1 Å². The van der Waals surface area contributed by atoms with Crippen molar-refractivity contribution in [1.29, 1.82) is 0 Å². The molecule has 0 saturated heterocycles. The number of ether oxygens (including phenoxy) is 1. The van der Waals surface area contributed by atoms with Crippen LogP contribution in [0.5, 0.6) is 5.75 Å². The molecule has 7 heteroatoms. The SMILES string of the molecule is Cc1ccc(Cl)c(OCc2nnc3n2N=C(c2ccccc2)[C@@H](c2ccccc2)S3)c1. The first-order valence-electron chi connectivity index (χ1n) is 9.88. The van der Waals surface area contributed by atoms with Crippen LogP contribution in [-0.4, -0.2) is 20.6 Å². The van der Waals surface area contributed by atoms with Crippen molar-refractivity contribution in [3.8, 4) is 5.75 Å². The monoisotopic (exact) mass is 446 g/mol. The van der Waals surface area contributed by atoms with Crippen LogP contribution in [0.15, 0.2) is 89.1 Å². The van der Waals surface area contributed by atoms with Gasteiger partial charge < -0.3 is 4.74 Å². The lowest BCUT2D eigenvalue weighted by Crippen LogP contribution is -2.19. The number of aromatic nitrogens is 3. The van der Waals surface area contributed by atoms with E-state index in [9.17, 15) is 0 Å². The second-order valence-electron chi connectivity index (χ2n) is 7.19. The van der Waals surface area contributed by atoms with E-state index in [1.54, 1.807) is 16.4 Å². The lowest BCUT2D eigenvalue weighted by atomic mass is 10.0. The van der Waals surface area contributed by atoms with Crippen LogP contribution in [0, 0.1) is 6.92 Å². The van der Waals surface area contributed by atoms with Crippen molar-refractivity contribution in [1.82, 2.24) is 14.9 Å². The summed E-state index contributed by atoms with van der Waals surface area (Å²) in [5.74, 6) is 1.25. The number of fused-ring (bicyclic) bond motifs is 1. The first kappa shape index (κ1) is 19.8. The van der Waals surface area contributed by atoms with E-state index < -0.39 is 0 Å². The molecule has 5 rings (SSSR count). The maximum atomic E-state index is 6.27. The molecule has 0 N–H and O–H groups in total. The van der Waals surface area contributed by atoms with E-state index in [1.165, 1.54) is 5.56 Å². The van der Waals surface area contributed by atoms with Crippen molar-refractivity contribution in [2.24, 2.45) is 5.10 Å². The van der Waals surface area contributed by atoms with Crippen molar-refractivity contribution in [2.75, 3.05) is 0 Å². The smallest absolute Gasteiger partial charge is 0.213 e. The van der Waals surface area contributed by atoms with Gasteiger partial charge in [0.05, 0.1) is 16.0 Å². The van der Waals surface area contributed by atoms with Crippen molar-refractivity contribution in [3.05, 3.63) is 106 Å². The number of thioether (sulfide) groups is 1. The van der Waals surface area contributed by atoms with Crippen LogP contribution in [-0.2, 0) is 6.61 Å². The third-order valence-corrected chi connectivity index (χ3v) is 6.48. The van der Waals surface area contributed by atoms with Crippen LogP contribution in [0.3, 0.4) is 0 Å². The Kier molecular flexibility index (Phi) is 5.49. The van der Waals surface area contributed by atoms with Crippen molar-refractivity contribution in [3.63, 3.8) is 0 Å². The van der Waals surface area contributed by atoms with Gasteiger partial charge in [0, 0.05) is 0 Å². The van der Waals surface area contributed by atoms with Gasteiger partial charge in [0.25, 0.3) is 0 Å². The summed E-state index contributed by atoms with van der Waals surface area (Å²) in [6, 6.07) is 26.2. The molecule has 31 heavy (non-hydrogen) atoms. The molecular weight excluding hydrogens is 428 g/mol. The van der Waals surface area contributed by atoms with Gasteiger partial charge >= 0.3 is 0 Å². The Bertz CT molecular complexity index is 1240. The molecule has 0 radical (unpaired) electrons. The predicted molar refractivity (Wildman–Crippen MR) is 124 cm³/mol. The zero-order chi connectivity index (χ0) is 21.2. The van der Waals surface area contributed by atoms with E-state index in [2.05, 4.69) is 34.5 Å². The molecule has 0 bridgehead atoms. The molecule has 1 aliphatic rings. The third-order valence-electron chi connectivity index (χ3n) is 4.97. The average Bonchev–Trinajstić information content (AvgIpc) is 3.22. The fraction of sp³-hybridized carbons (Fsp3) is 0.125. The highest BCUT2D eigenvalue weighted by atomic mass is 35.5. The van der Waals surface area contributed by atoms with E-state index in [-0.39, 0.29) is 11.9 Å². The number of aryl methyl sites for hydroxylation is 1. The maximum absolute atomic E-state index is 6.27. The normalized spacial score (nSPS) is 15.3. The van der Waals surface area contributed by atoms with E-state index in [1.807, 2.05) is 61.5 Å². The van der Waals surface area contributed by atoms with Crippen molar-refractivity contribution < 1.29 is 4.74 Å². The van der Waals surface area contributed by atoms with Gasteiger partial charge in [-0.25, -0.2) is 0 Å². The molecule has 3 aromatic carbocycles. The Morgan fingerprint density at radius 3 is 2.48 bits per heavy atom. The quantitative estimate of drug-likeness (QED) is 0.382. The Morgan fingerprint density at radius 1 is 0.968 bits per heavy atom. The molecule has 1 aliphatic heterocycles. The first-order chi connectivity index (χ1) is 15.2. The van der Waals surface area contributed by atoms with Gasteiger partial charge in [-0.1, -0.05) is 90.1 Å². The molecule has 0 spiro atoms. The van der Waals surface area contributed by atoms with Gasteiger partial charge in [0.1, 0.15) is 12.4 Å². The lowest BCUT2D eigenvalue weighted by Gasteiger charge is -2.23. The topological polar surface area (TPSA) is 52.3 Å². The Labute approximate surface area is 189 Å². The van der Waals surface area contributed by atoms with E-state index in [4.69, 9.17) is 21.4 Å². The fourth-order valence-electron chi connectivity index (χ4n) is 3.42. The summed E-state index contributed by atoms with van der Waals surface area (Å²) >= 11 is 7.91. The Hall–Kier alpha value is -3.09. The number of rotatable bonds is 5. The summed E-state index contributed by atoms with van der Waals surface area (Å²) in [6.45, 7) is 2.22. The number of hydrogen-bond donors (Lipinski definition) is 0. The third kappa shape index (κ3) is 4.09. The number of halogens is 1. The minimum absolute atomic E-state index is 0.0280. The summed E-state index contributed by atoms with van der Waals surface area (Å²) in [6.07, 6.45) is 0. The largest absolute Gasteiger partial charge is 0.484 e. The van der Waals surface area contributed by atoms with Crippen LogP contribution in [0.1, 0.15) is 27.8 Å². The molecule has 1 atom stereocenters. The molecule has 0 aliphatic carbocycles. The van der Waals surface area contributed by atoms with Gasteiger partial charge in [-0.2, -0.15) is 9.78 Å². The first-order valence-corrected chi connectivity index (χ1v) is 11.1. The summed E-state index contributed by atoms with van der Waals surface area (Å²) in [7, 11) is 0. The van der Waals surface area contributed by atoms with Gasteiger partial charge in [-0.15, -0.1) is 10.2 Å². The van der Waals surface area contributed by atoms with Crippen LogP contribution in [0.25, 0.3) is 0 Å². The highest BCUT2D eigenvalue weighted by Gasteiger charge is 2.30. The molecule has 5 nitrogen and oxygen atoms in total. The molecule has 1 aromatic heterocycles. The number of hydrogen-bond acceptors (Lipinski definition) is 5. The zero-order valence-corrected chi connectivity index (χ0v) is 18.3. The Morgan fingerprint density at radius 2 is 1.71 bits per heavy atom. The molecule has 0 saturated carbocycles. The van der Waals surface area contributed by atoms with E-state index >= 15 is 0 Å². The highest BCUT2D eigenvalue weighted by Crippen LogP contribution is 2.41. The fourth-order valence-corrected chi connectivity index (χ4v) is 4.72. The summed E-state index contributed by atoms with van der Waals surface area (Å²) in [5, 5.41) is 15.0. The van der Waals surface area contributed by atoms with Gasteiger partial charge in [-0.05, 0) is 35.7 Å². The van der Waals surface area contributed by atoms with Gasteiger partial charge in [-0.3, -0.25) is 0 Å². The summed E-state index contributed by atoms with van der Waals surface area (Å²) < 4.78 is 7.72. The van der Waals surface area contributed by atoms with Crippen LogP contribution in [0.2, 0.25) is 5.02 Å². The molecule has 0 unspecified atom stereocenters. The lowest BCUT2D eigenvalue weighted by molar-refractivity contribution is 0.290. The molecule has 0 fully saturated rings. The molecular formula is C24H19ClN4OS. The molecule has 4 aromatic rings. The minimum atomic E-state index is 0.0280. The summed E-state index contributed by atoms with van der Waals surface area (Å²) in [4.78, 5) is 0. The maximum Gasteiger partial charge on any atom is 0.213 e. The van der Waals surface area contributed by atoms with E-state index in [0.717, 1.165) is 22.0 Å². The molecule has 154 valence electrons. The predicted octanol–water partition coefficient (Wildman–Crippen LogP) is 5.92. The van der Waals surface area contributed by atoms with Gasteiger partial charge in [0.15, 0.2) is 5.82 Å². The van der Waals surface area contributed by atoms with Crippen LogP contribution in [0.4, 0.5) is 0 Å².